The Bertz CT molecular complexity index is 1520. The lowest BCUT2D eigenvalue weighted by atomic mass is 9.91. The van der Waals surface area contributed by atoms with Crippen LogP contribution < -0.4 is 5.32 Å². The quantitative estimate of drug-likeness (QED) is 0.190. The first-order chi connectivity index (χ1) is 20.9. The van der Waals surface area contributed by atoms with Gasteiger partial charge in [0.25, 0.3) is 0 Å². The van der Waals surface area contributed by atoms with E-state index < -0.39 is 12.3 Å². The highest BCUT2D eigenvalue weighted by molar-refractivity contribution is 7.99. The summed E-state index contributed by atoms with van der Waals surface area (Å²) in [6.45, 7) is 2.04. The molecule has 1 aliphatic rings. The zero-order valence-electron chi connectivity index (χ0n) is 23.6. The molecule has 0 aliphatic carbocycles. The summed E-state index contributed by atoms with van der Waals surface area (Å²) in [5.74, 6) is -0.674. The Morgan fingerprint density at radius 3 is 2.51 bits per heavy atom. The number of thioether (sulfide) groups is 1. The number of aliphatic hydroxyl groups is 1. The highest BCUT2D eigenvalue weighted by atomic mass is 32.2. The van der Waals surface area contributed by atoms with E-state index in [1.54, 1.807) is 10.7 Å². The van der Waals surface area contributed by atoms with E-state index in [9.17, 15) is 14.7 Å². The SMILES string of the molecule is C[C@H]1[C@@H](CSc2nnnn2-c2ccccc2)O[C@@H](c2cccc(NC(=O)CCCC(=O)O)c2)O[C@H]1c1ccc(CO)cc1. The summed E-state index contributed by atoms with van der Waals surface area (Å²) in [4.78, 5) is 23.2. The molecule has 43 heavy (non-hydrogen) atoms. The molecule has 0 radical (unpaired) electrons. The van der Waals surface area contributed by atoms with E-state index >= 15 is 0 Å². The molecule has 1 aliphatic heterocycles. The zero-order valence-corrected chi connectivity index (χ0v) is 24.4. The van der Waals surface area contributed by atoms with Crippen LogP contribution in [0.15, 0.2) is 84.0 Å². The van der Waals surface area contributed by atoms with Gasteiger partial charge in [0.2, 0.25) is 11.1 Å². The van der Waals surface area contributed by atoms with E-state index in [4.69, 9.17) is 14.6 Å². The van der Waals surface area contributed by atoms with Gasteiger partial charge in [-0.05, 0) is 52.2 Å². The molecule has 0 unspecified atom stereocenters. The number of aromatic nitrogens is 4. The number of aliphatic carboxylic acids is 1. The highest BCUT2D eigenvalue weighted by Gasteiger charge is 2.38. The summed E-state index contributed by atoms with van der Waals surface area (Å²) < 4.78 is 14.8. The van der Waals surface area contributed by atoms with E-state index in [0.29, 0.717) is 16.6 Å². The minimum atomic E-state index is -0.930. The van der Waals surface area contributed by atoms with E-state index in [1.807, 2.05) is 72.8 Å². The summed E-state index contributed by atoms with van der Waals surface area (Å²) >= 11 is 1.49. The Morgan fingerprint density at radius 1 is 0.977 bits per heavy atom. The minimum Gasteiger partial charge on any atom is -0.481 e. The van der Waals surface area contributed by atoms with Gasteiger partial charge in [0.1, 0.15) is 0 Å². The number of anilines is 1. The van der Waals surface area contributed by atoms with E-state index in [-0.39, 0.29) is 49.9 Å². The third-order valence-electron chi connectivity index (χ3n) is 7.18. The Hall–Kier alpha value is -4.10. The largest absolute Gasteiger partial charge is 0.481 e. The summed E-state index contributed by atoms with van der Waals surface area (Å²) in [6.07, 6.45) is -0.973. The molecule has 1 saturated heterocycles. The Balaban J connectivity index is 1.35. The molecule has 12 heteroatoms. The van der Waals surface area contributed by atoms with Crippen LogP contribution in [-0.4, -0.2) is 54.2 Å². The van der Waals surface area contributed by atoms with Crippen molar-refractivity contribution in [3.05, 3.63) is 95.6 Å². The molecule has 0 bridgehead atoms. The topological polar surface area (TPSA) is 149 Å². The predicted molar refractivity (Wildman–Crippen MR) is 159 cm³/mol. The Kier molecular flexibility index (Phi) is 10.2. The molecule has 0 spiro atoms. The van der Waals surface area contributed by atoms with Crippen molar-refractivity contribution >= 4 is 29.3 Å². The third-order valence-corrected chi connectivity index (χ3v) is 8.19. The molecular weight excluding hydrogens is 570 g/mol. The van der Waals surface area contributed by atoms with Crippen LogP contribution in [0.3, 0.4) is 0 Å². The van der Waals surface area contributed by atoms with Gasteiger partial charge in [0, 0.05) is 35.8 Å². The van der Waals surface area contributed by atoms with Gasteiger partial charge in [-0.25, -0.2) is 0 Å². The molecule has 1 fully saturated rings. The number of tetrazole rings is 1. The molecule has 3 aromatic carbocycles. The van der Waals surface area contributed by atoms with Crippen LogP contribution in [0.25, 0.3) is 5.69 Å². The number of carboxylic acids is 1. The van der Waals surface area contributed by atoms with Crippen LogP contribution >= 0.6 is 11.8 Å². The minimum absolute atomic E-state index is 0.0399. The average molecular weight is 604 g/mol. The predicted octanol–water partition coefficient (Wildman–Crippen LogP) is 4.93. The van der Waals surface area contributed by atoms with Crippen molar-refractivity contribution < 1.29 is 29.3 Å². The lowest BCUT2D eigenvalue weighted by Gasteiger charge is -2.41. The van der Waals surface area contributed by atoms with Gasteiger partial charge in [-0.3, -0.25) is 9.59 Å². The van der Waals surface area contributed by atoms with Crippen molar-refractivity contribution in [2.24, 2.45) is 5.92 Å². The molecule has 2 heterocycles. The second-order valence-corrected chi connectivity index (χ2v) is 11.2. The molecule has 5 rings (SSSR count). The zero-order chi connectivity index (χ0) is 30.2. The first-order valence-corrected chi connectivity index (χ1v) is 15.0. The van der Waals surface area contributed by atoms with Crippen molar-refractivity contribution in [2.75, 3.05) is 11.1 Å². The number of nitrogens with zero attached hydrogens (tertiary/aromatic N) is 4. The molecule has 224 valence electrons. The Labute approximate surface area is 253 Å². The number of ether oxygens (including phenoxy) is 2. The van der Waals surface area contributed by atoms with E-state index in [2.05, 4.69) is 27.8 Å². The lowest BCUT2D eigenvalue weighted by Crippen LogP contribution is -2.38. The number of carbonyl (C=O) groups is 2. The average Bonchev–Trinajstić information content (AvgIpc) is 3.50. The fourth-order valence-corrected chi connectivity index (χ4v) is 5.91. The maximum Gasteiger partial charge on any atom is 0.303 e. The number of aliphatic hydroxyl groups excluding tert-OH is 1. The Morgan fingerprint density at radius 2 is 1.77 bits per heavy atom. The van der Waals surface area contributed by atoms with Crippen LogP contribution in [-0.2, 0) is 25.7 Å². The van der Waals surface area contributed by atoms with Crippen LogP contribution in [0, 0.1) is 5.92 Å². The van der Waals surface area contributed by atoms with Crippen molar-refractivity contribution in [1.29, 1.82) is 0 Å². The molecule has 11 nitrogen and oxygen atoms in total. The monoisotopic (exact) mass is 603 g/mol. The number of para-hydroxylation sites is 1. The number of rotatable bonds is 12. The molecule has 1 amide bonds. The molecule has 4 aromatic rings. The second kappa shape index (κ2) is 14.4. The summed E-state index contributed by atoms with van der Waals surface area (Å²) in [6, 6.07) is 24.6. The van der Waals surface area contributed by atoms with E-state index in [1.165, 1.54) is 11.8 Å². The van der Waals surface area contributed by atoms with Crippen LogP contribution in [0.1, 0.15) is 55.3 Å². The number of hydrogen-bond donors (Lipinski definition) is 3. The number of amides is 1. The van der Waals surface area contributed by atoms with Crippen molar-refractivity contribution in [3.8, 4) is 5.69 Å². The van der Waals surface area contributed by atoms with Crippen molar-refractivity contribution in [2.45, 2.75) is 56.4 Å². The number of nitrogens with one attached hydrogen (secondary N) is 1. The molecule has 3 N–H and O–H groups in total. The van der Waals surface area contributed by atoms with Gasteiger partial charge in [-0.1, -0.05) is 73.3 Å². The maximum absolute atomic E-state index is 12.4. The lowest BCUT2D eigenvalue weighted by molar-refractivity contribution is -0.268. The first kappa shape index (κ1) is 30.4. The third kappa shape index (κ3) is 7.85. The van der Waals surface area contributed by atoms with Gasteiger partial charge in [0.05, 0.1) is 24.5 Å². The summed E-state index contributed by atoms with van der Waals surface area (Å²) in [5.41, 5.74) is 3.94. The fourth-order valence-electron chi connectivity index (χ4n) is 4.85. The molecular formula is C31H33N5O6S. The van der Waals surface area contributed by atoms with Gasteiger partial charge < -0.3 is 25.0 Å². The molecule has 0 saturated carbocycles. The number of benzene rings is 3. The van der Waals surface area contributed by atoms with Crippen molar-refractivity contribution in [1.82, 2.24) is 20.2 Å². The normalized spacial score (nSPS) is 20.0. The summed E-state index contributed by atoms with van der Waals surface area (Å²) in [5, 5.41) is 34.1. The van der Waals surface area contributed by atoms with Crippen LogP contribution in [0.5, 0.6) is 0 Å². The van der Waals surface area contributed by atoms with Crippen molar-refractivity contribution in [3.63, 3.8) is 0 Å². The standard InChI is InChI=1S/C31H33N5O6S/c1-20-26(19-43-31-33-34-35-36(31)25-9-3-2-4-10-25)41-30(42-29(20)22-15-13-21(18-37)14-16-22)23-7-5-8-24(17-23)32-27(38)11-6-12-28(39)40/h2-5,7-10,13-17,20,26,29-30,37H,6,11-12,18-19H2,1H3,(H,32,38)(H,39,40)/t20-,26+,29+,30+/m0/s1. The molecule has 1 aromatic heterocycles. The fraction of sp³-hybridized carbons (Fsp3) is 0.323. The van der Waals surface area contributed by atoms with Crippen LogP contribution in [0.4, 0.5) is 5.69 Å². The molecule has 4 atom stereocenters. The smallest absolute Gasteiger partial charge is 0.303 e. The van der Waals surface area contributed by atoms with Gasteiger partial charge in [-0.2, -0.15) is 4.68 Å². The van der Waals surface area contributed by atoms with Crippen LogP contribution in [0.2, 0.25) is 0 Å². The van der Waals surface area contributed by atoms with Gasteiger partial charge >= 0.3 is 5.97 Å². The number of carbonyl (C=O) groups excluding carboxylic acids is 1. The van der Waals surface area contributed by atoms with Gasteiger partial charge in [0.15, 0.2) is 6.29 Å². The second-order valence-electron chi connectivity index (χ2n) is 10.3. The summed E-state index contributed by atoms with van der Waals surface area (Å²) in [7, 11) is 0. The highest BCUT2D eigenvalue weighted by Crippen LogP contribution is 2.43. The number of hydrogen-bond acceptors (Lipinski definition) is 9. The number of carboxylic acid groups (broad SMARTS) is 1. The first-order valence-electron chi connectivity index (χ1n) is 14.0. The maximum atomic E-state index is 12.4. The van der Waals surface area contributed by atoms with E-state index in [0.717, 1.165) is 22.4 Å². The van der Waals surface area contributed by atoms with Gasteiger partial charge in [-0.15, -0.1) is 5.10 Å².